The lowest BCUT2D eigenvalue weighted by molar-refractivity contribution is 0.409. The number of hydrogen-bond acceptors (Lipinski definition) is 4. The maximum Gasteiger partial charge on any atom is 0.143 e. The summed E-state index contributed by atoms with van der Waals surface area (Å²) in [6.07, 6.45) is 0. The molecule has 108 valence electrons. The average molecular weight is 303 g/mol. The molecule has 0 radical (unpaired) electrons. The topological polar surface area (TPSA) is 54.3 Å². The van der Waals surface area contributed by atoms with Crippen LogP contribution in [0.3, 0.4) is 0 Å². The summed E-state index contributed by atoms with van der Waals surface area (Å²) in [6, 6.07) is 12.9. The van der Waals surface area contributed by atoms with Crippen molar-refractivity contribution in [2.45, 2.75) is 6.54 Å². The van der Waals surface area contributed by atoms with Crippen LogP contribution in [0.25, 0.3) is 0 Å². The van der Waals surface area contributed by atoms with Crippen molar-refractivity contribution in [3.63, 3.8) is 0 Å². The van der Waals surface area contributed by atoms with Gasteiger partial charge in [0.05, 0.1) is 25.5 Å². The van der Waals surface area contributed by atoms with E-state index in [1.54, 1.807) is 38.5 Å². The van der Waals surface area contributed by atoms with Gasteiger partial charge in [0.25, 0.3) is 0 Å². The quantitative estimate of drug-likeness (QED) is 0.911. The second kappa shape index (κ2) is 6.87. The second-order valence-electron chi connectivity index (χ2n) is 4.27. The van der Waals surface area contributed by atoms with Crippen molar-refractivity contribution in [1.29, 1.82) is 5.26 Å². The molecule has 0 fully saturated rings. The molecule has 0 aliphatic rings. The van der Waals surface area contributed by atoms with E-state index in [9.17, 15) is 5.26 Å². The Hall–Kier alpha value is -2.38. The van der Waals surface area contributed by atoms with Crippen LogP contribution in [-0.4, -0.2) is 14.2 Å². The lowest BCUT2D eigenvalue weighted by Gasteiger charge is -2.15. The molecule has 0 bridgehead atoms. The van der Waals surface area contributed by atoms with Crippen LogP contribution in [0.4, 0.5) is 5.69 Å². The molecule has 1 N–H and O–H groups in total. The van der Waals surface area contributed by atoms with Crippen LogP contribution < -0.4 is 14.8 Å². The molecule has 0 spiro atoms. The van der Waals surface area contributed by atoms with Gasteiger partial charge in [0.15, 0.2) is 0 Å². The highest BCUT2D eigenvalue weighted by Gasteiger charge is 2.12. The van der Waals surface area contributed by atoms with E-state index >= 15 is 0 Å². The molecule has 0 heterocycles. The fraction of sp³-hybridized carbons (Fsp3) is 0.188. The smallest absolute Gasteiger partial charge is 0.143 e. The largest absolute Gasteiger partial charge is 0.496 e. The Morgan fingerprint density at radius 3 is 2.43 bits per heavy atom. The molecular formula is C16H15ClN2O2. The van der Waals surface area contributed by atoms with Crippen molar-refractivity contribution in [2.75, 3.05) is 19.5 Å². The predicted molar refractivity (Wildman–Crippen MR) is 83.0 cm³/mol. The third kappa shape index (κ3) is 3.21. The van der Waals surface area contributed by atoms with E-state index in [1.807, 2.05) is 12.1 Å². The maximum absolute atomic E-state index is 9.19. The first-order chi connectivity index (χ1) is 10.2. The van der Waals surface area contributed by atoms with Gasteiger partial charge in [-0.3, -0.25) is 0 Å². The van der Waals surface area contributed by atoms with Crippen molar-refractivity contribution < 1.29 is 9.47 Å². The summed E-state index contributed by atoms with van der Waals surface area (Å²) in [7, 11) is 3.16. The van der Waals surface area contributed by atoms with Crippen LogP contribution in [0.5, 0.6) is 11.5 Å². The highest BCUT2D eigenvalue weighted by molar-refractivity contribution is 6.31. The van der Waals surface area contributed by atoms with E-state index in [0.29, 0.717) is 34.3 Å². The summed E-state index contributed by atoms with van der Waals surface area (Å²) < 4.78 is 10.6. The number of benzene rings is 2. The molecule has 2 aromatic carbocycles. The number of ether oxygens (including phenoxy) is 2. The molecule has 5 heteroatoms. The summed E-state index contributed by atoms with van der Waals surface area (Å²) in [6.45, 7) is 0.428. The Labute approximate surface area is 128 Å². The molecule has 0 unspecified atom stereocenters. The molecule has 21 heavy (non-hydrogen) atoms. The maximum atomic E-state index is 9.19. The molecule has 0 amide bonds. The minimum Gasteiger partial charge on any atom is -0.496 e. The summed E-state index contributed by atoms with van der Waals surface area (Å²) in [4.78, 5) is 0. The average Bonchev–Trinajstić information content (AvgIpc) is 2.53. The minimum absolute atomic E-state index is 0.428. The second-order valence-corrected chi connectivity index (χ2v) is 4.68. The third-order valence-corrected chi connectivity index (χ3v) is 3.46. The molecule has 2 rings (SSSR count). The summed E-state index contributed by atoms with van der Waals surface area (Å²) in [5.41, 5.74) is 1.99. The highest BCUT2D eigenvalue weighted by atomic mass is 35.5. The van der Waals surface area contributed by atoms with E-state index in [1.165, 1.54) is 0 Å². The van der Waals surface area contributed by atoms with E-state index in [0.717, 1.165) is 5.56 Å². The van der Waals surface area contributed by atoms with Crippen molar-refractivity contribution in [2.24, 2.45) is 0 Å². The van der Waals surface area contributed by atoms with Crippen molar-refractivity contribution in [3.8, 4) is 17.6 Å². The van der Waals surface area contributed by atoms with Gasteiger partial charge in [-0.25, -0.2) is 0 Å². The number of anilines is 1. The highest BCUT2D eigenvalue weighted by Crippen LogP contribution is 2.31. The van der Waals surface area contributed by atoms with Crippen molar-refractivity contribution >= 4 is 17.3 Å². The van der Waals surface area contributed by atoms with Gasteiger partial charge in [-0.1, -0.05) is 23.7 Å². The fourth-order valence-corrected chi connectivity index (χ4v) is 2.29. The van der Waals surface area contributed by atoms with Gasteiger partial charge in [-0.15, -0.1) is 0 Å². The van der Waals surface area contributed by atoms with Gasteiger partial charge in [0.1, 0.15) is 17.6 Å². The Morgan fingerprint density at radius 1 is 1.10 bits per heavy atom. The number of nitrogens with one attached hydrogen (secondary N) is 1. The molecule has 0 saturated carbocycles. The van der Waals surface area contributed by atoms with E-state index < -0.39 is 0 Å². The van der Waals surface area contributed by atoms with Crippen LogP contribution in [-0.2, 0) is 6.54 Å². The Kier molecular flexibility index (Phi) is 4.91. The Morgan fingerprint density at radius 2 is 1.76 bits per heavy atom. The van der Waals surface area contributed by atoms with Crippen LogP contribution >= 0.6 is 11.6 Å². The van der Waals surface area contributed by atoms with Gasteiger partial charge < -0.3 is 14.8 Å². The number of rotatable bonds is 5. The SMILES string of the molecule is COc1cccc(Cl)c1CNc1c(C#N)cccc1OC. The summed E-state index contributed by atoms with van der Waals surface area (Å²) in [5.74, 6) is 1.31. The molecule has 0 aromatic heterocycles. The lowest BCUT2D eigenvalue weighted by atomic mass is 10.1. The number of nitrogens with zero attached hydrogens (tertiary/aromatic N) is 1. The normalized spacial score (nSPS) is 9.81. The number of nitriles is 1. The van der Waals surface area contributed by atoms with E-state index in [2.05, 4.69) is 11.4 Å². The third-order valence-electron chi connectivity index (χ3n) is 3.10. The van der Waals surface area contributed by atoms with E-state index in [4.69, 9.17) is 21.1 Å². The van der Waals surface area contributed by atoms with Gasteiger partial charge in [-0.05, 0) is 24.3 Å². The van der Waals surface area contributed by atoms with E-state index in [-0.39, 0.29) is 0 Å². The molecule has 2 aromatic rings. The predicted octanol–water partition coefficient (Wildman–Crippen LogP) is 3.84. The Balaban J connectivity index is 2.31. The van der Waals surface area contributed by atoms with Gasteiger partial charge >= 0.3 is 0 Å². The zero-order valence-electron chi connectivity index (χ0n) is 11.8. The molecule has 0 saturated heterocycles. The van der Waals surface area contributed by atoms with Crippen LogP contribution in [0.15, 0.2) is 36.4 Å². The van der Waals surface area contributed by atoms with Crippen LogP contribution in [0.2, 0.25) is 5.02 Å². The number of para-hydroxylation sites is 1. The molecular weight excluding hydrogens is 288 g/mol. The summed E-state index contributed by atoms with van der Waals surface area (Å²) in [5, 5.41) is 13.0. The number of methoxy groups -OCH3 is 2. The monoisotopic (exact) mass is 302 g/mol. The molecule has 0 aliphatic heterocycles. The lowest BCUT2D eigenvalue weighted by Crippen LogP contribution is -2.05. The van der Waals surface area contributed by atoms with Gasteiger partial charge in [0.2, 0.25) is 0 Å². The van der Waals surface area contributed by atoms with Crippen molar-refractivity contribution in [1.82, 2.24) is 0 Å². The van der Waals surface area contributed by atoms with Gasteiger partial charge in [-0.2, -0.15) is 5.26 Å². The van der Waals surface area contributed by atoms with Crippen LogP contribution in [0, 0.1) is 11.3 Å². The zero-order valence-corrected chi connectivity index (χ0v) is 12.6. The molecule has 0 aliphatic carbocycles. The van der Waals surface area contributed by atoms with Gasteiger partial charge in [0, 0.05) is 17.1 Å². The standard InChI is InChI=1S/C16H15ClN2O2/c1-20-14-7-4-6-13(17)12(14)10-19-16-11(9-18)5-3-8-15(16)21-2/h3-8,19H,10H2,1-2H3. The molecule has 0 atom stereocenters. The number of hydrogen-bond donors (Lipinski definition) is 1. The fourth-order valence-electron chi connectivity index (χ4n) is 2.06. The Bertz CT molecular complexity index is 680. The first-order valence-corrected chi connectivity index (χ1v) is 6.71. The molecule has 4 nitrogen and oxygen atoms in total. The minimum atomic E-state index is 0.428. The van der Waals surface area contributed by atoms with Crippen LogP contribution in [0.1, 0.15) is 11.1 Å². The summed E-state index contributed by atoms with van der Waals surface area (Å²) >= 11 is 6.21. The van der Waals surface area contributed by atoms with Crippen molar-refractivity contribution in [3.05, 3.63) is 52.5 Å². The first kappa shape index (κ1) is 15.0. The zero-order chi connectivity index (χ0) is 15.2. The first-order valence-electron chi connectivity index (χ1n) is 6.33. The number of halogens is 1.